The number of likely N-dealkylation sites (tertiary alicyclic amines) is 1. The fourth-order valence-electron chi connectivity index (χ4n) is 5.57. The smallest absolute Gasteiger partial charge is 0.253 e. The highest BCUT2D eigenvalue weighted by Crippen LogP contribution is 2.41. The second-order valence-electron chi connectivity index (χ2n) is 9.79. The summed E-state index contributed by atoms with van der Waals surface area (Å²) < 4.78 is 29.2. The van der Waals surface area contributed by atoms with Crippen LogP contribution < -0.4 is 14.2 Å². The highest BCUT2D eigenvalue weighted by molar-refractivity contribution is 5.95. The number of amides is 1. The Balaban J connectivity index is 1.34. The number of nitrogens with zero attached hydrogens (tertiary/aromatic N) is 1. The van der Waals surface area contributed by atoms with E-state index in [0.29, 0.717) is 48.2 Å². The molecule has 198 valence electrons. The molecule has 6 nitrogen and oxygen atoms in total. The van der Waals surface area contributed by atoms with Gasteiger partial charge in [-0.1, -0.05) is 36.4 Å². The van der Waals surface area contributed by atoms with E-state index in [1.807, 2.05) is 41.3 Å². The van der Waals surface area contributed by atoms with Crippen molar-refractivity contribution in [1.29, 1.82) is 0 Å². The molecule has 7 heteroatoms. The number of ketones is 1. The minimum absolute atomic E-state index is 0.0160. The molecule has 0 spiro atoms. The number of carbonyl (C=O) groups is 2. The molecule has 1 amide bonds. The number of rotatable bonds is 8. The number of hydrogen-bond donors (Lipinski definition) is 0. The lowest BCUT2D eigenvalue weighted by Crippen LogP contribution is -2.40. The molecule has 5 rings (SSSR count). The van der Waals surface area contributed by atoms with E-state index in [2.05, 4.69) is 12.1 Å². The van der Waals surface area contributed by atoms with E-state index in [1.165, 1.54) is 5.56 Å². The van der Waals surface area contributed by atoms with Crippen molar-refractivity contribution in [1.82, 2.24) is 4.90 Å². The minimum Gasteiger partial charge on any atom is -0.493 e. The zero-order valence-corrected chi connectivity index (χ0v) is 21.5. The topological polar surface area (TPSA) is 65.1 Å². The molecule has 0 bridgehead atoms. The number of methoxy groups -OCH3 is 1. The number of Topliss-reactive ketones (excluding diaryl/α,β-unsaturated/α-hetero) is 1. The zero-order valence-electron chi connectivity index (χ0n) is 21.5. The summed E-state index contributed by atoms with van der Waals surface area (Å²) in [5, 5.41) is 0. The maximum atomic E-state index is 13.3. The van der Waals surface area contributed by atoms with Gasteiger partial charge in [-0.25, -0.2) is 4.39 Å². The predicted molar refractivity (Wildman–Crippen MR) is 142 cm³/mol. The molecule has 2 aliphatic rings. The Morgan fingerprint density at radius 3 is 2.55 bits per heavy atom. The summed E-state index contributed by atoms with van der Waals surface area (Å²) >= 11 is 0. The van der Waals surface area contributed by atoms with Crippen molar-refractivity contribution >= 4 is 11.7 Å². The second kappa shape index (κ2) is 11.7. The summed E-state index contributed by atoms with van der Waals surface area (Å²) in [5.74, 6) is 2.23. The van der Waals surface area contributed by atoms with Gasteiger partial charge in [0, 0.05) is 36.6 Å². The average molecular weight is 518 g/mol. The van der Waals surface area contributed by atoms with Crippen LogP contribution in [-0.2, 0) is 11.2 Å². The van der Waals surface area contributed by atoms with E-state index in [9.17, 15) is 14.0 Å². The highest BCUT2D eigenvalue weighted by atomic mass is 19.1. The number of benzene rings is 3. The predicted octanol–water partition coefficient (Wildman–Crippen LogP) is 5.23. The van der Waals surface area contributed by atoms with Crippen molar-refractivity contribution in [3.05, 3.63) is 89.0 Å². The van der Waals surface area contributed by atoms with E-state index in [1.54, 1.807) is 25.3 Å². The van der Waals surface area contributed by atoms with Crippen molar-refractivity contribution in [3.63, 3.8) is 0 Å². The largest absolute Gasteiger partial charge is 0.493 e. The Morgan fingerprint density at radius 1 is 1.03 bits per heavy atom. The van der Waals surface area contributed by atoms with Crippen molar-refractivity contribution in [2.75, 3.05) is 40.1 Å². The molecular formula is C31H32FNO5. The van der Waals surface area contributed by atoms with Gasteiger partial charge in [-0.05, 0) is 60.2 Å². The molecule has 0 N–H and O–H groups in total. The number of carbonyl (C=O) groups excluding carboxylic acids is 2. The molecule has 2 aliphatic heterocycles. The van der Waals surface area contributed by atoms with Crippen LogP contribution in [0.5, 0.6) is 17.2 Å². The lowest BCUT2D eigenvalue weighted by atomic mass is 9.76. The summed E-state index contributed by atoms with van der Waals surface area (Å²) in [6.45, 7) is 0.808. The quantitative estimate of drug-likeness (QED) is 0.409. The monoisotopic (exact) mass is 517 g/mol. The molecule has 0 aromatic heterocycles. The number of piperidine rings is 1. The molecule has 3 aromatic rings. The minimum atomic E-state index is -0.563. The number of ether oxygens (including phenoxy) is 3. The fourth-order valence-corrected chi connectivity index (χ4v) is 5.57. The Morgan fingerprint density at radius 2 is 1.82 bits per heavy atom. The normalized spacial score (nSPS) is 16.4. The first-order chi connectivity index (χ1) is 18.6. The third-order valence-electron chi connectivity index (χ3n) is 7.42. The van der Waals surface area contributed by atoms with Crippen LogP contribution in [0, 0.1) is 5.92 Å². The average Bonchev–Trinajstić information content (AvgIpc) is 2.96. The van der Waals surface area contributed by atoms with Gasteiger partial charge in [-0.3, -0.25) is 9.59 Å². The van der Waals surface area contributed by atoms with Crippen molar-refractivity contribution in [2.45, 2.75) is 25.2 Å². The maximum absolute atomic E-state index is 13.3. The lowest BCUT2D eigenvalue weighted by Gasteiger charge is -2.37. The van der Waals surface area contributed by atoms with E-state index in [-0.39, 0.29) is 30.8 Å². The van der Waals surface area contributed by atoms with Crippen molar-refractivity contribution < 1.29 is 28.2 Å². The molecular weight excluding hydrogens is 485 g/mol. The number of alkyl halides is 1. The van der Waals surface area contributed by atoms with E-state index in [4.69, 9.17) is 14.2 Å². The molecule has 0 saturated carbocycles. The maximum Gasteiger partial charge on any atom is 0.253 e. The van der Waals surface area contributed by atoms with Gasteiger partial charge < -0.3 is 19.1 Å². The fraction of sp³-hybridized carbons (Fsp3) is 0.355. The molecule has 1 atom stereocenters. The summed E-state index contributed by atoms with van der Waals surface area (Å²) in [6.07, 6.45) is 2.00. The summed E-state index contributed by atoms with van der Waals surface area (Å²) in [4.78, 5) is 27.0. The first kappa shape index (κ1) is 25.8. The first-order valence-electron chi connectivity index (χ1n) is 13.1. The van der Waals surface area contributed by atoms with Crippen LogP contribution >= 0.6 is 0 Å². The number of halogens is 1. The Labute approximate surface area is 222 Å². The van der Waals surface area contributed by atoms with Gasteiger partial charge in [-0.2, -0.15) is 0 Å². The summed E-state index contributed by atoms with van der Waals surface area (Å²) in [5.41, 5.74) is 3.67. The number of hydrogen-bond acceptors (Lipinski definition) is 5. The van der Waals surface area contributed by atoms with Crippen LogP contribution in [0.25, 0.3) is 0 Å². The van der Waals surface area contributed by atoms with Gasteiger partial charge in [0.1, 0.15) is 25.6 Å². The Hall–Kier alpha value is -3.87. The first-order valence-corrected chi connectivity index (χ1v) is 13.1. The third kappa shape index (κ3) is 5.52. The van der Waals surface area contributed by atoms with Gasteiger partial charge in [0.05, 0.1) is 7.11 Å². The number of fused-ring (bicyclic) bond motifs is 1. The SMILES string of the molecule is COc1cc([C@@H](c2ccccc2)C2CCN(C(=O)c3ccc4c(c3)CC(=O)CO4)CC2)ccc1OCCF. The van der Waals surface area contributed by atoms with Gasteiger partial charge in [0.15, 0.2) is 17.3 Å². The van der Waals surface area contributed by atoms with Crippen LogP contribution in [0.2, 0.25) is 0 Å². The van der Waals surface area contributed by atoms with E-state index >= 15 is 0 Å². The van der Waals surface area contributed by atoms with Gasteiger partial charge >= 0.3 is 0 Å². The van der Waals surface area contributed by atoms with Crippen LogP contribution in [0.4, 0.5) is 4.39 Å². The molecule has 1 fully saturated rings. The molecule has 1 saturated heterocycles. The Kier molecular flexibility index (Phi) is 7.91. The van der Waals surface area contributed by atoms with E-state index in [0.717, 1.165) is 24.0 Å². The molecule has 0 aliphatic carbocycles. The lowest BCUT2D eigenvalue weighted by molar-refractivity contribution is -0.121. The molecule has 2 heterocycles. The summed E-state index contributed by atoms with van der Waals surface area (Å²) in [7, 11) is 1.59. The third-order valence-corrected chi connectivity index (χ3v) is 7.42. The molecule has 38 heavy (non-hydrogen) atoms. The van der Waals surface area contributed by atoms with Crippen LogP contribution in [-0.4, -0.2) is 56.7 Å². The second-order valence-corrected chi connectivity index (χ2v) is 9.79. The van der Waals surface area contributed by atoms with Crippen molar-refractivity contribution in [3.8, 4) is 17.2 Å². The molecule has 0 unspecified atom stereocenters. The zero-order chi connectivity index (χ0) is 26.5. The van der Waals surface area contributed by atoms with Crippen molar-refractivity contribution in [2.24, 2.45) is 5.92 Å². The highest BCUT2D eigenvalue weighted by Gasteiger charge is 2.32. The van der Waals surface area contributed by atoms with E-state index < -0.39 is 6.67 Å². The van der Waals surface area contributed by atoms with Gasteiger partial charge in [0.25, 0.3) is 5.91 Å². The van der Waals surface area contributed by atoms with Crippen LogP contribution in [0.1, 0.15) is 45.8 Å². The summed E-state index contributed by atoms with van der Waals surface area (Å²) in [6, 6.07) is 21.6. The standard InChI is InChI=1S/C31H32FNO5/c1-36-29-19-23(7-10-28(29)37-16-13-32)30(21-5-3-2-4-6-21)22-11-14-33(15-12-22)31(35)24-8-9-27-25(17-24)18-26(34)20-38-27/h2-10,17,19,22,30H,11-16,18,20H2,1H3/t30-/m0/s1. The molecule has 0 radical (unpaired) electrons. The van der Waals surface area contributed by atoms with Gasteiger partial charge in [0.2, 0.25) is 0 Å². The Bertz CT molecular complexity index is 1290. The molecule has 3 aromatic carbocycles. The van der Waals surface area contributed by atoms with Crippen LogP contribution in [0.15, 0.2) is 66.7 Å². The van der Waals surface area contributed by atoms with Crippen LogP contribution in [0.3, 0.4) is 0 Å². The van der Waals surface area contributed by atoms with Gasteiger partial charge in [-0.15, -0.1) is 0 Å².